The van der Waals surface area contributed by atoms with Gasteiger partial charge in [0.1, 0.15) is 0 Å². The van der Waals surface area contributed by atoms with E-state index in [0.717, 1.165) is 69.8 Å². The molecule has 1 unspecified atom stereocenters. The van der Waals surface area contributed by atoms with Gasteiger partial charge in [0, 0.05) is 0 Å². The number of aryl methyl sites for hydroxylation is 1. The van der Waals surface area contributed by atoms with Crippen molar-refractivity contribution in [3.63, 3.8) is 0 Å². The summed E-state index contributed by atoms with van der Waals surface area (Å²) < 4.78 is 18.8. The summed E-state index contributed by atoms with van der Waals surface area (Å²) >= 11 is 0. The Morgan fingerprint density at radius 2 is 1.75 bits per heavy atom. The fraction of sp³-hybridized carbons (Fsp3) is 0.700. The van der Waals surface area contributed by atoms with Gasteiger partial charge in [-0.2, -0.15) is 0 Å². The van der Waals surface area contributed by atoms with Crippen molar-refractivity contribution in [3.05, 3.63) is 29.3 Å². The maximum atomic E-state index is 13.0. The standard InChI is InChI=1S/C20H33O3P/c1-3-5-11-17-12-10-16-20(19(17)15-6-4-2)24(21,22)23-18-13-8-7-9-14-18/h10,12,16,18H,3-9,11,13-15H2,1-2H3,(H,21,22). The van der Waals surface area contributed by atoms with Crippen LogP contribution in [-0.4, -0.2) is 11.0 Å². The first-order valence-electron chi connectivity index (χ1n) is 9.71. The summed E-state index contributed by atoms with van der Waals surface area (Å²) in [6, 6.07) is 5.84. The monoisotopic (exact) mass is 352 g/mol. The summed E-state index contributed by atoms with van der Waals surface area (Å²) in [5.41, 5.74) is 2.29. The molecule has 4 heteroatoms. The topological polar surface area (TPSA) is 46.5 Å². The van der Waals surface area contributed by atoms with Gasteiger partial charge in [-0.1, -0.05) is 58.1 Å². The summed E-state index contributed by atoms with van der Waals surface area (Å²) in [6.45, 7) is 4.34. The molecule has 1 N–H and O–H groups in total. The minimum Gasteiger partial charge on any atom is -0.321 e. The SMILES string of the molecule is CCCCc1cccc(P(=O)(O)OC2CCCCC2)c1CCCC. The van der Waals surface area contributed by atoms with Gasteiger partial charge in [-0.05, 0) is 55.7 Å². The number of hydrogen-bond acceptors (Lipinski definition) is 2. The molecule has 1 aromatic rings. The first-order chi connectivity index (χ1) is 11.6. The summed E-state index contributed by atoms with van der Waals surface area (Å²) in [5, 5.41) is 0.551. The van der Waals surface area contributed by atoms with Crippen molar-refractivity contribution in [3.8, 4) is 0 Å². The van der Waals surface area contributed by atoms with Gasteiger partial charge in [0.2, 0.25) is 0 Å². The first kappa shape index (κ1) is 19.7. The maximum Gasteiger partial charge on any atom is 0.359 e. The van der Waals surface area contributed by atoms with Crippen LogP contribution < -0.4 is 5.30 Å². The zero-order valence-electron chi connectivity index (χ0n) is 15.3. The van der Waals surface area contributed by atoms with Crippen LogP contribution >= 0.6 is 7.60 Å². The Morgan fingerprint density at radius 1 is 1.08 bits per heavy atom. The normalized spacial score (nSPS) is 18.5. The van der Waals surface area contributed by atoms with Crippen molar-refractivity contribution in [2.24, 2.45) is 0 Å². The van der Waals surface area contributed by atoms with Crippen molar-refractivity contribution in [2.75, 3.05) is 0 Å². The molecule has 0 spiro atoms. The molecule has 0 radical (unpaired) electrons. The number of unbranched alkanes of at least 4 members (excludes halogenated alkanes) is 2. The van der Waals surface area contributed by atoms with E-state index in [0.29, 0.717) is 5.30 Å². The molecule has 1 aromatic carbocycles. The molecule has 136 valence electrons. The predicted molar refractivity (Wildman–Crippen MR) is 101 cm³/mol. The summed E-state index contributed by atoms with van der Waals surface area (Å²) in [7, 11) is -3.75. The van der Waals surface area contributed by atoms with Crippen LogP contribution in [0.15, 0.2) is 18.2 Å². The van der Waals surface area contributed by atoms with Crippen LogP contribution in [0.4, 0.5) is 0 Å². The summed E-state index contributed by atoms with van der Waals surface area (Å²) in [5.74, 6) is 0. The van der Waals surface area contributed by atoms with Crippen molar-refractivity contribution in [2.45, 2.75) is 90.6 Å². The molecule has 0 saturated heterocycles. The molecule has 24 heavy (non-hydrogen) atoms. The van der Waals surface area contributed by atoms with Crippen LogP contribution in [-0.2, 0) is 21.9 Å². The molecule has 0 amide bonds. The zero-order chi connectivity index (χ0) is 17.4. The van der Waals surface area contributed by atoms with Crippen LogP contribution in [0.3, 0.4) is 0 Å². The van der Waals surface area contributed by atoms with E-state index in [1.807, 2.05) is 12.1 Å². The summed E-state index contributed by atoms with van der Waals surface area (Å²) in [6.07, 6.45) is 11.4. The number of benzene rings is 1. The van der Waals surface area contributed by atoms with Gasteiger partial charge in [-0.25, -0.2) is 0 Å². The zero-order valence-corrected chi connectivity index (χ0v) is 16.2. The highest BCUT2D eigenvalue weighted by molar-refractivity contribution is 7.61. The van der Waals surface area contributed by atoms with Gasteiger partial charge >= 0.3 is 7.60 Å². The Morgan fingerprint density at radius 3 is 2.42 bits per heavy atom. The third-order valence-corrected chi connectivity index (χ3v) is 6.59. The lowest BCUT2D eigenvalue weighted by molar-refractivity contribution is 0.140. The fourth-order valence-corrected chi connectivity index (χ4v) is 5.16. The summed E-state index contributed by atoms with van der Waals surface area (Å²) in [4.78, 5) is 10.7. The lowest BCUT2D eigenvalue weighted by atomic mass is 9.98. The molecule has 0 aromatic heterocycles. The smallest absolute Gasteiger partial charge is 0.321 e. The van der Waals surface area contributed by atoms with Gasteiger partial charge in [0.05, 0.1) is 11.4 Å². The van der Waals surface area contributed by atoms with Gasteiger partial charge < -0.3 is 9.42 Å². The molecule has 1 atom stereocenters. The average Bonchev–Trinajstić information content (AvgIpc) is 2.58. The van der Waals surface area contributed by atoms with Gasteiger partial charge in [-0.15, -0.1) is 0 Å². The van der Waals surface area contributed by atoms with E-state index in [9.17, 15) is 9.46 Å². The first-order valence-corrected chi connectivity index (χ1v) is 11.3. The van der Waals surface area contributed by atoms with E-state index in [1.165, 1.54) is 12.0 Å². The molecule has 1 fully saturated rings. The second kappa shape index (κ2) is 9.75. The van der Waals surface area contributed by atoms with Crippen LogP contribution in [0.2, 0.25) is 0 Å². The Balaban J connectivity index is 2.26. The second-order valence-corrected chi connectivity index (χ2v) is 8.74. The maximum absolute atomic E-state index is 13.0. The van der Waals surface area contributed by atoms with E-state index >= 15 is 0 Å². The van der Waals surface area contributed by atoms with Crippen molar-refractivity contribution in [1.82, 2.24) is 0 Å². The lowest BCUT2D eigenvalue weighted by Crippen LogP contribution is -2.22. The van der Waals surface area contributed by atoms with E-state index in [1.54, 1.807) is 0 Å². The van der Waals surface area contributed by atoms with E-state index in [4.69, 9.17) is 4.52 Å². The minimum atomic E-state index is -3.75. The average molecular weight is 352 g/mol. The van der Waals surface area contributed by atoms with Crippen LogP contribution in [0.25, 0.3) is 0 Å². The van der Waals surface area contributed by atoms with E-state index < -0.39 is 7.60 Å². The van der Waals surface area contributed by atoms with Gasteiger partial charge in [0.15, 0.2) is 0 Å². The fourth-order valence-electron chi connectivity index (χ4n) is 3.56. The molecule has 0 bridgehead atoms. The van der Waals surface area contributed by atoms with Gasteiger partial charge in [0.25, 0.3) is 0 Å². The minimum absolute atomic E-state index is 0.0621. The molecule has 2 rings (SSSR count). The highest BCUT2D eigenvalue weighted by atomic mass is 31.2. The molecule has 1 aliphatic carbocycles. The van der Waals surface area contributed by atoms with E-state index in [2.05, 4.69) is 19.9 Å². The lowest BCUT2D eigenvalue weighted by Gasteiger charge is -2.26. The largest absolute Gasteiger partial charge is 0.359 e. The van der Waals surface area contributed by atoms with Crippen LogP contribution in [0, 0.1) is 0 Å². The molecular weight excluding hydrogens is 319 g/mol. The Bertz CT molecular complexity index is 550. The van der Waals surface area contributed by atoms with Gasteiger partial charge in [-0.3, -0.25) is 4.57 Å². The molecule has 1 saturated carbocycles. The number of hydrogen-bond donors (Lipinski definition) is 1. The Labute approximate surface area is 147 Å². The van der Waals surface area contributed by atoms with Crippen molar-refractivity contribution < 1.29 is 14.0 Å². The highest BCUT2D eigenvalue weighted by Gasteiger charge is 2.31. The Hall–Kier alpha value is -0.630. The number of rotatable bonds is 9. The van der Waals surface area contributed by atoms with Crippen LogP contribution in [0.5, 0.6) is 0 Å². The molecule has 0 aliphatic heterocycles. The van der Waals surface area contributed by atoms with Crippen molar-refractivity contribution in [1.29, 1.82) is 0 Å². The highest BCUT2D eigenvalue weighted by Crippen LogP contribution is 2.46. The molecular formula is C20H33O3P. The third-order valence-electron chi connectivity index (χ3n) is 4.98. The second-order valence-electron chi connectivity index (χ2n) is 7.01. The predicted octanol–water partition coefficient (Wildman–Crippen LogP) is 5.53. The molecule has 1 aliphatic rings. The van der Waals surface area contributed by atoms with Crippen molar-refractivity contribution >= 4 is 12.9 Å². The molecule has 0 heterocycles. The Kier molecular flexibility index (Phi) is 8.00. The quantitative estimate of drug-likeness (QED) is 0.594. The van der Waals surface area contributed by atoms with E-state index in [-0.39, 0.29) is 6.10 Å². The molecule has 3 nitrogen and oxygen atoms in total. The van der Waals surface area contributed by atoms with Crippen LogP contribution in [0.1, 0.15) is 82.8 Å². The third kappa shape index (κ3) is 5.44.